The van der Waals surface area contributed by atoms with E-state index in [1.807, 2.05) is 12.1 Å². The van der Waals surface area contributed by atoms with E-state index in [-0.39, 0.29) is 5.91 Å². The molecule has 6 heteroatoms. The first-order valence-electron chi connectivity index (χ1n) is 5.31. The van der Waals surface area contributed by atoms with Crippen LogP contribution in [0.25, 0.3) is 10.9 Å². The number of amides is 1. The zero-order chi connectivity index (χ0) is 12.7. The lowest BCUT2D eigenvalue weighted by Gasteiger charge is -2.11. The van der Waals surface area contributed by atoms with Gasteiger partial charge in [0.05, 0.1) is 5.52 Å². The van der Waals surface area contributed by atoms with Crippen LogP contribution in [0.4, 0.5) is 0 Å². The SMILES string of the molecule is O=C1NC(=S)NC1c1ccc(Cl)c2cccnc12. The first-order chi connectivity index (χ1) is 8.66. The van der Waals surface area contributed by atoms with Crippen molar-refractivity contribution in [3.63, 3.8) is 0 Å². The third kappa shape index (κ3) is 1.72. The average molecular weight is 278 g/mol. The van der Waals surface area contributed by atoms with Gasteiger partial charge < -0.3 is 10.6 Å². The number of hydrogen-bond acceptors (Lipinski definition) is 3. The highest BCUT2D eigenvalue weighted by Crippen LogP contribution is 2.29. The van der Waals surface area contributed by atoms with Gasteiger partial charge in [0, 0.05) is 22.2 Å². The lowest BCUT2D eigenvalue weighted by Crippen LogP contribution is -2.21. The van der Waals surface area contributed by atoms with Gasteiger partial charge in [-0.3, -0.25) is 9.78 Å². The summed E-state index contributed by atoms with van der Waals surface area (Å²) >= 11 is 11.0. The molecule has 2 N–H and O–H groups in total. The predicted molar refractivity (Wildman–Crippen MR) is 73.4 cm³/mol. The van der Waals surface area contributed by atoms with Gasteiger partial charge in [-0.25, -0.2) is 0 Å². The molecule has 90 valence electrons. The number of halogens is 1. The zero-order valence-corrected chi connectivity index (χ0v) is 10.7. The van der Waals surface area contributed by atoms with Gasteiger partial charge in [-0.15, -0.1) is 0 Å². The minimum absolute atomic E-state index is 0.172. The highest BCUT2D eigenvalue weighted by Gasteiger charge is 2.30. The molecule has 1 atom stereocenters. The number of pyridine rings is 1. The standard InChI is InChI=1S/C12H8ClN3OS/c13-8-4-3-7(9-6(8)2-1-5-14-9)10-11(17)16-12(18)15-10/h1-5,10H,(H2,15,16,17,18). The second-order valence-corrected chi connectivity index (χ2v) is 4.75. The third-order valence-corrected chi connectivity index (χ3v) is 3.38. The van der Waals surface area contributed by atoms with E-state index in [1.165, 1.54) is 0 Å². The van der Waals surface area contributed by atoms with Gasteiger partial charge in [0.1, 0.15) is 6.04 Å². The van der Waals surface area contributed by atoms with Crippen molar-refractivity contribution in [2.75, 3.05) is 0 Å². The van der Waals surface area contributed by atoms with Gasteiger partial charge in [-0.2, -0.15) is 0 Å². The topological polar surface area (TPSA) is 54.0 Å². The maximum Gasteiger partial charge on any atom is 0.253 e. The number of thiocarbonyl (C=S) groups is 1. The smallest absolute Gasteiger partial charge is 0.253 e. The summed E-state index contributed by atoms with van der Waals surface area (Å²) < 4.78 is 0. The monoisotopic (exact) mass is 277 g/mol. The Kier molecular flexibility index (Phi) is 2.65. The summed E-state index contributed by atoms with van der Waals surface area (Å²) in [6.45, 7) is 0. The van der Waals surface area contributed by atoms with E-state index >= 15 is 0 Å². The van der Waals surface area contributed by atoms with Gasteiger partial charge in [-0.05, 0) is 30.4 Å². The fraction of sp³-hybridized carbons (Fsp3) is 0.0833. The minimum Gasteiger partial charge on any atom is -0.347 e. The molecule has 1 aliphatic heterocycles. The number of nitrogens with zero attached hydrogens (tertiary/aromatic N) is 1. The second kappa shape index (κ2) is 4.19. The largest absolute Gasteiger partial charge is 0.347 e. The number of fused-ring (bicyclic) bond motifs is 1. The second-order valence-electron chi connectivity index (χ2n) is 3.93. The summed E-state index contributed by atoms with van der Waals surface area (Å²) in [4.78, 5) is 16.1. The molecule has 1 saturated heterocycles. The molecule has 0 saturated carbocycles. The maximum atomic E-state index is 11.8. The molecule has 4 nitrogen and oxygen atoms in total. The third-order valence-electron chi connectivity index (χ3n) is 2.83. The number of benzene rings is 1. The highest BCUT2D eigenvalue weighted by molar-refractivity contribution is 7.80. The van der Waals surface area contributed by atoms with Crippen molar-refractivity contribution in [1.29, 1.82) is 0 Å². The molecule has 0 aliphatic carbocycles. The molecule has 0 spiro atoms. The Morgan fingerprint density at radius 3 is 2.89 bits per heavy atom. The molecule has 1 aromatic carbocycles. The first-order valence-corrected chi connectivity index (χ1v) is 6.10. The van der Waals surface area contributed by atoms with E-state index < -0.39 is 6.04 Å². The predicted octanol–water partition coefficient (Wildman–Crippen LogP) is 1.93. The van der Waals surface area contributed by atoms with Crippen molar-refractivity contribution in [3.8, 4) is 0 Å². The molecule has 2 aromatic rings. The van der Waals surface area contributed by atoms with Crippen molar-refractivity contribution in [2.24, 2.45) is 0 Å². The average Bonchev–Trinajstić information content (AvgIpc) is 2.69. The van der Waals surface area contributed by atoms with E-state index in [0.29, 0.717) is 15.7 Å². The Morgan fingerprint density at radius 1 is 1.33 bits per heavy atom. The fourth-order valence-corrected chi connectivity index (χ4v) is 2.46. The highest BCUT2D eigenvalue weighted by atomic mass is 35.5. The van der Waals surface area contributed by atoms with E-state index in [2.05, 4.69) is 15.6 Å². The van der Waals surface area contributed by atoms with E-state index in [4.69, 9.17) is 23.8 Å². The summed E-state index contributed by atoms with van der Waals surface area (Å²) in [5.74, 6) is -0.172. The maximum absolute atomic E-state index is 11.8. The Bertz CT molecular complexity index is 673. The molecule has 1 fully saturated rings. The molecule has 1 unspecified atom stereocenters. The zero-order valence-electron chi connectivity index (χ0n) is 9.11. The molecule has 18 heavy (non-hydrogen) atoms. The van der Waals surface area contributed by atoms with Gasteiger partial charge >= 0.3 is 0 Å². The van der Waals surface area contributed by atoms with Crippen LogP contribution in [-0.2, 0) is 4.79 Å². The van der Waals surface area contributed by atoms with Crippen molar-refractivity contribution in [3.05, 3.63) is 41.0 Å². The van der Waals surface area contributed by atoms with Gasteiger partial charge in [0.15, 0.2) is 5.11 Å². The number of rotatable bonds is 1. The Balaban J connectivity index is 2.21. The normalized spacial score (nSPS) is 18.8. The van der Waals surface area contributed by atoms with Crippen LogP contribution in [0.2, 0.25) is 5.02 Å². The molecule has 0 bridgehead atoms. The summed E-state index contributed by atoms with van der Waals surface area (Å²) in [6, 6.07) is 6.73. The number of carbonyl (C=O) groups is 1. The van der Waals surface area contributed by atoms with Crippen LogP contribution >= 0.6 is 23.8 Å². The summed E-state index contributed by atoms with van der Waals surface area (Å²) in [6.07, 6.45) is 1.67. The molecule has 0 radical (unpaired) electrons. The quantitative estimate of drug-likeness (QED) is 0.782. The van der Waals surface area contributed by atoms with Crippen molar-refractivity contribution in [1.82, 2.24) is 15.6 Å². The Labute approximate surface area is 113 Å². The van der Waals surface area contributed by atoms with Gasteiger partial charge in [0.25, 0.3) is 5.91 Å². The molecular weight excluding hydrogens is 270 g/mol. The van der Waals surface area contributed by atoms with Crippen LogP contribution in [0.3, 0.4) is 0 Å². The molecular formula is C12H8ClN3OS. The fourth-order valence-electron chi connectivity index (χ4n) is 2.03. The number of aromatic nitrogens is 1. The van der Waals surface area contributed by atoms with Gasteiger partial charge in [0.2, 0.25) is 0 Å². The van der Waals surface area contributed by atoms with Crippen molar-refractivity contribution < 1.29 is 4.79 Å². The Hall–Kier alpha value is -1.72. The minimum atomic E-state index is -0.507. The van der Waals surface area contributed by atoms with E-state index in [1.54, 1.807) is 18.3 Å². The summed E-state index contributed by atoms with van der Waals surface area (Å²) in [7, 11) is 0. The van der Waals surface area contributed by atoms with Crippen molar-refractivity contribution in [2.45, 2.75) is 6.04 Å². The number of hydrogen-bond donors (Lipinski definition) is 2. The van der Waals surface area contributed by atoms with Crippen LogP contribution in [0.1, 0.15) is 11.6 Å². The first kappa shape index (κ1) is 11.4. The Morgan fingerprint density at radius 2 is 2.17 bits per heavy atom. The summed E-state index contributed by atoms with van der Waals surface area (Å²) in [5, 5.41) is 7.26. The van der Waals surface area contributed by atoms with Crippen LogP contribution in [0, 0.1) is 0 Å². The number of nitrogens with one attached hydrogen (secondary N) is 2. The molecule has 1 aromatic heterocycles. The number of carbonyl (C=O) groups excluding carboxylic acids is 1. The lowest BCUT2D eigenvalue weighted by atomic mass is 10.0. The van der Waals surface area contributed by atoms with E-state index in [9.17, 15) is 4.79 Å². The van der Waals surface area contributed by atoms with Gasteiger partial charge in [-0.1, -0.05) is 17.7 Å². The van der Waals surface area contributed by atoms with Crippen LogP contribution in [0.15, 0.2) is 30.5 Å². The summed E-state index contributed by atoms with van der Waals surface area (Å²) in [5.41, 5.74) is 1.48. The van der Waals surface area contributed by atoms with Crippen molar-refractivity contribution >= 4 is 45.7 Å². The van der Waals surface area contributed by atoms with E-state index in [0.717, 1.165) is 10.9 Å². The molecule has 1 amide bonds. The molecule has 3 rings (SSSR count). The van der Waals surface area contributed by atoms with Crippen LogP contribution in [0.5, 0.6) is 0 Å². The van der Waals surface area contributed by atoms with Crippen LogP contribution in [-0.4, -0.2) is 16.0 Å². The molecule has 2 heterocycles. The lowest BCUT2D eigenvalue weighted by molar-refractivity contribution is -0.120. The molecule has 1 aliphatic rings. The van der Waals surface area contributed by atoms with Crippen LogP contribution < -0.4 is 10.6 Å².